The maximum Gasteiger partial charge on any atom is 0.224 e. The number of aliphatic hydroxyl groups excluding tert-OH is 1. The summed E-state index contributed by atoms with van der Waals surface area (Å²) in [7, 11) is -3.64. The van der Waals surface area contributed by atoms with Gasteiger partial charge < -0.3 is 21.1 Å². The van der Waals surface area contributed by atoms with E-state index in [4.69, 9.17) is 0 Å². The summed E-state index contributed by atoms with van der Waals surface area (Å²) < 4.78 is 65.2. The van der Waals surface area contributed by atoms with Gasteiger partial charge in [0.2, 0.25) is 11.8 Å². The summed E-state index contributed by atoms with van der Waals surface area (Å²) in [6.45, 7) is 2.53. The fourth-order valence-corrected chi connectivity index (χ4v) is 4.93. The molecule has 0 spiro atoms. The molecule has 0 heterocycles. The lowest BCUT2D eigenvalue weighted by molar-refractivity contribution is -0.125. The summed E-state index contributed by atoms with van der Waals surface area (Å²) in [5.41, 5.74) is 2.02. The van der Waals surface area contributed by atoms with E-state index in [0.717, 1.165) is 54.1 Å². The fraction of sp³-hybridized carbons (Fsp3) is 0.333. The summed E-state index contributed by atoms with van der Waals surface area (Å²) in [5.74, 6) is -3.83. The van der Waals surface area contributed by atoms with E-state index in [0.29, 0.717) is 12.6 Å². The molecular weight excluding hydrogens is 571 g/mol. The van der Waals surface area contributed by atoms with Gasteiger partial charge in [-0.2, -0.15) is 0 Å². The highest BCUT2D eigenvalue weighted by Crippen LogP contribution is 2.20. The first-order chi connectivity index (χ1) is 19.8. The quantitative estimate of drug-likeness (QED) is 0.208. The van der Waals surface area contributed by atoms with E-state index >= 15 is 0 Å². The Bertz CT molecular complexity index is 1500. The number of carbonyl (C=O) groups excluding carboxylic acids is 2. The molecular formula is C30H34F3N3O5S. The molecule has 3 rings (SSSR count). The largest absolute Gasteiger partial charge is 0.390 e. The van der Waals surface area contributed by atoms with Crippen molar-refractivity contribution >= 4 is 27.3 Å². The molecule has 0 saturated carbocycles. The molecule has 2 atom stereocenters. The second kappa shape index (κ2) is 14.9. The van der Waals surface area contributed by atoms with Gasteiger partial charge in [0.25, 0.3) is 0 Å². The van der Waals surface area contributed by atoms with E-state index in [1.54, 1.807) is 0 Å². The summed E-state index contributed by atoms with van der Waals surface area (Å²) in [6, 6.07) is 12.8. The first-order valence-electron chi connectivity index (χ1n) is 13.3. The van der Waals surface area contributed by atoms with Crippen molar-refractivity contribution in [1.82, 2.24) is 10.6 Å². The van der Waals surface area contributed by atoms with E-state index in [1.165, 1.54) is 0 Å². The average Bonchev–Trinajstić information content (AvgIpc) is 2.91. The summed E-state index contributed by atoms with van der Waals surface area (Å²) in [4.78, 5) is 24.9. The maximum absolute atomic E-state index is 14.1. The second-order valence-electron chi connectivity index (χ2n) is 9.99. The minimum absolute atomic E-state index is 0.0511. The van der Waals surface area contributed by atoms with Crippen LogP contribution in [-0.2, 0) is 38.8 Å². The van der Waals surface area contributed by atoms with Crippen molar-refractivity contribution in [3.8, 4) is 0 Å². The molecule has 3 aromatic carbocycles. The van der Waals surface area contributed by atoms with Crippen molar-refractivity contribution in [2.75, 3.05) is 18.1 Å². The summed E-state index contributed by atoms with van der Waals surface area (Å²) >= 11 is 0. The van der Waals surface area contributed by atoms with Crippen molar-refractivity contribution in [3.05, 3.63) is 94.8 Å². The lowest BCUT2D eigenvalue weighted by atomic mass is 10.00. The lowest BCUT2D eigenvalue weighted by Gasteiger charge is -2.25. The van der Waals surface area contributed by atoms with E-state index < -0.39 is 51.2 Å². The van der Waals surface area contributed by atoms with E-state index in [2.05, 4.69) is 16.0 Å². The van der Waals surface area contributed by atoms with Crippen molar-refractivity contribution in [2.24, 2.45) is 0 Å². The SMILES string of the molecule is CCc1cccc(CNC[C@H](O)[C@@H](Cc2cc(F)cc(F)c2)NC(=O)CCC(=O)Nc2cc(S(C)(=O)=O)ccc2F)c1. The number of amides is 2. The molecule has 0 bridgehead atoms. The molecule has 4 N–H and O–H groups in total. The number of benzene rings is 3. The summed E-state index contributed by atoms with van der Waals surface area (Å²) in [6.07, 6.45) is -0.164. The number of hydrogen-bond donors (Lipinski definition) is 4. The standard InChI is InChI=1S/C30H34F3N3O5S/c1-3-19-5-4-6-20(11-19)17-34-18-28(37)27(14-21-12-22(31)15-23(32)13-21)36-30(39)10-9-29(38)35-26-16-24(42(2,40)41)7-8-25(26)33/h4-8,11-13,15-16,27-28,34,37H,3,9-10,14,17-18H2,1-2H3,(H,35,38)(H,36,39)/t27-,28+/m1/s1. The number of nitrogens with one attached hydrogen (secondary N) is 3. The van der Waals surface area contributed by atoms with Gasteiger partial charge in [-0.15, -0.1) is 0 Å². The molecule has 3 aromatic rings. The van der Waals surface area contributed by atoms with Gasteiger partial charge in [-0.1, -0.05) is 31.2 Å². The molecule has 226 valence electrons. The van der Waals surface area contributed by atoms with Crippen molar-refractivity contribution in [2.45, 2.75) is 56.2 Å². The Labute approximate surface area is 243 Å². The molecule has 0 aliphatic rings. The topological polar surface area (TPSA) is 125 Å². The molecule has 0 aromatic heterocycles. The smallest absolute Gasteiger partial charge is 0.224 e. The van der Waals surface area contributed by atoms with Gasteiger partial charge in [-0.05, 0) is 59.9 Å². The van der Waals surface area contributed by atoms with Crippen molar-refractivity contribution in [3.63, 3.8) is 0 Å². The van der Waals surface area contributed by atoms with Gasteiger partial charge in [0.15, 0.2) is 9.84 Å². The molecule has 0 saturated heterocycles. The van der Waals surface area contributed by atoms with E-state index in [9.17, 15) is 36.3 Å². The van der Waals surface area contributed by atoms with Crippen LogP contribution in [0.1, 0.15) is 36.5 Å². The number of carbonyl (C=O) groups is 2. The Kier molecular flexibility index (Phi) is 11.7. The summed E-state index contributed by atoms with van der Waals surface area (Å²) in [5, 5.41) is 18.9. The number of sulfone groups is 1. The van der Waals surface area contributed by atoms with Crippen LogP contribution in [0, 0.1) is 17.5 Å². The van der Waals surface area contributed by atoms with Crippen LogP contribution in [0.15, 0.2) is 65.6 Å². The average molecular weight is 606 g/mol. The van der Waals surface area contributed by atoms with Gasteiger partial charge in [-0.3, -0.25) is 9.59 Å². The second-order valence-corrected chi connectivity index (χ2v) is 12.0. The normalized spacial score (nSPS) is 12.9. The van der Waals surface area contributed by atoms with Crippen LogP contribution in [0.2, 0.25) is 0 Å². The highest BCUT2D eigenvalue weighted by Gasteiger charge is 2.23. The Morgan fingerprint density at radius 2 is 1.55 bits per heavy atom. The van der Waals surface area contributed by atoms with Crippen molar-refractivity contribution < 1.29 is 36.3 Å². The van der Waals surface area contributed by atoms with Crippen LogP contribution < -0.4 is 16.0 Å². The molecule has 0 fully saturated rings. The molecule has 0 unspecified atom stereocenters. The molecule has 2 amide bonds. The minimum atomic E-state index is -3.64. The number of rotatable bonds is 14. The van der Waals surface area contributed by atoms with Gasteiger partial charge in [0.1, 0.15) is 17.5 Å². The zero-order valence-corrected chi connectivity index (χ0v) is 24.1. The van der Waals surface area contributed by atoms with Crippen LogP contribution in [-0.4, -0.2) is 50.3 Å². The Morgan fingerprint density at radius 1 is 0.881 bits per heavy atom. The van der Waals surface area contributed by atoms with Gasteiger partial charge in [-0.25, -0.2) is 21.6 Å². The van der Waals surface area contributed by atoms with Crippen LogP contribution in [0.25, 0.3) is 0 Å². The molecule has 0 aliphatic carbocycles. The zero-order chi connectivity index (χ0) is 30.9. The molecule has 0 radical (unpaired) electrons. The Morgan fingerprint density at radius 3 is 2.21 bits per heavy atom. The van der Waals surface area contributed by atoms with Crippen LogP contribution in [0.5, 0.6) is 0 Å². The Hall–Kier alpha value is -3.74. The van der Waals surface area contributed by atoms with Gasteiger partial charge in [0.05, 0.1) is 22.7 Å². The van der Waals surface area contributed by atoms with E-state index in [-0.39, 0.29) is 42.0 Å². The van der Waals surface area contributed by atoms with Crippen LogP contribution >= 0.6 is 0 Å². The maximum atomic E-state index is 14.1. The predicted molar refractivity (Wildman–Crippen MR) is 153 cm³/mol. The first-order valence-corrected chi connectivity index (χ1v) is 15.2. The van der Waals surface area contributed by atoms with Crippen molar-refractivity contribution in [1.29, 1.82) is 0 Å². The third kappa shape index (κ3) is 10.3. The highest BCUT2D eigenvalue weighted by molar-refractivity contribution is 7.90. The third-order valence-corrected chi connectivity index (χ3v) is 7.60. The number of hydrogen-bond acceptors (Lipinski definition) is 6. The monoisotopic (exact) mass is 605 g/mol. The van der Waals surface area contributed by atoms with Crippen LogP contribution in [0.3, 0.4) is 0 Å². The number of anilines is 1. The number of aryl methyl sites for hydroxylation is 1. The molecule has 12 heteroatoms. The first kappa shape index (κ1) is 32.8. The molecule has 8 nitrogen and oxygen atoms in total. The molecule has 42 heavy (non-hydrogen) atoms. The molecule has 0 aliphatic heterocycles. The third-order valence-electron chi connectivity index (χ3n) is 6.49. The fourth-order valence-electron chi connectivity index (χ4n) is 4.28. The minimum Gasteiger partial charge on any atom is -0.390 e. The highest BCUT2D eigenvalue weighted by atomic mass is 32.2. The van der Waals surface area contributed by atoms with Gasteiger partial charge >= 0.3 is 0 Å². The van der Waals surface area contributed by atoms with Crippen LogP contribution in [0.4, 0.5) is 18.9 Å². The van der Waals surface area contributed by atoms with E-state index in [1.807, 2.05) is 31.2 Å². The van der Waals surface area contributed by atoms with Gasteiger partial charge in [0, 0.05) is 38.3 Å². The lowest BCUT2D eigenvalue weighted by Crippen LogP contribution is -2.48. The number of halogens is 3. The predicted octanol–water partition coefficient (Wildman–Crippen LogP) is 3.67. The number of aliphatic hydroxyl groups is 1. The Balaban J connectivity index is 1.62. The zero-order valence-electron chi connectivity index (χ0n) is 23.3.